The molecule has 7 nitrogen and oxygen atoms in total. The SMILES string of the molecule is COc1ccc([N+](=O)[O-])cc1NC(=O)CC[NH+]1CCC[C@@H](C)C1. The van der Waals surface area contributed by atoms with Gasteiger partial charge in [0.1, 0.15) is 5.75 Å². The first-order chi connectivity index (χ1) is 11.0. The molecule has 0 bridgehead atoms. The van der Waals surface area contributed by atoms with Crippen LogP contribution in [0.3, 0.4) is 0 Å². The first-order valence-corrected chi connectivity index (χ1v) is 7.95. The number of ether oxygens (including phenoxy) is 1. The van der Waals surface area contributed by atoms with Crippen LogP contribution in [0.25, 0.3) is 0 Å². The molecule has 1 saturated heterocycles. The van der Waals surface area contributed by atoms with E-state index < -0.39 is 4.92 Å². The number of quaternary nitrogens is 1. The number of carbonyl (C=O) groups is 1. The predicted molar refractivity (Wildman–Crippen MR) is 86.9 cm³/mol. The third-order valence-electron chi connectivity index (χ3n) is 4.24. The molecule has 2 N–H and O–H groups in total. The molecule has 2 atom stereocenters. The van der Waals surface area contributed by atoms with Crippen molar-refractivity contribution in [2.24, 2.45) is 5.92 Å². The van der Waals surface area contributed by atoms with Crippen LogP contribution in [0.15, 0.2) is 18.2 Å². The number of nitrogens with zero attached hydrogens (tertiary/aromatic N) is 1. The Kier molecular flexibility index (Phi) is 5.92. The van der Waals surface area contributed by atoms with E-state index in [9.17, 15) is 14.9 Å². The highest BCUT2D eigenvalue weighted by molar-refractivity contribution is 5.92. The highest BCUT2D eigenvalue weighted by Gasteiger charge is 2.20. The van der Waals surface area contributed by atoms with Crippen molar-refractivity contribution in [3.8, 4) is 5.75 Å². The van der Waals surface area contributed by atoms with Crippen molar-refractivity contribution in [1.82, 2.24) is 0 Å². The highest BCUT2D eigenvalue weighted by Crippen LogP contribution is 2.28. The maximum atomic E-state index is 12.1. The molecule has 1 aromatic rings. The largest absolute Gasteiger partial charge is 0.495 e. The van der Waals surface area contributed by atoms with Gasteiger partial charge < -0.3 is 15.0 Å². The molecule has 1 aliphatic rings. The van der Waals surface area contributed by atoms with Crippen LogP contribution in [0, 0.1) is 16.0 Å². The summed E-state index contributed by atoms with van der Waals surface area (Å²) < 4.78 is 5.15. The van der Waals surface area contributed by atoms with E-state index in [4.69, 9.17) is 4.74 Å². The smallest absolute Gasteiger partial charge is 0.271 e. The number of hydrogen-bond acceptors (Lipinski definition) is 4. The van der Waals surface area contributed by atoms with Gasteiger partial charge in [-0.25, -0.2) is 0 Å². The van der Waals surface area contributed by atoms with E-state index in [-0.39, 0.29) is 11.6 Å². The fourth-order valence-corrected chi connectivity index (χ4v) is 3.03. The summed E-state index contributed by atoms with van der Waals surface area (Å²) in [6.45, 7) is 5.24. The van der Waals surface area contributed by atoms with Crippen LogP contribution in [0.1, 0.15) is 26.2 Å². The van der Waals surface area contributed by atoms with Crippen molar-refractivity contribution in [3.63, 3.8) is 0 Å². The van der Waals surface area contributed by atoms with Gasteiger partial charge in [0.05, 0.1) is 43.8 Å². The molecule has 126 valence electrons. The third kappa shape index (κ3) is 4.92. The van der Waals surface area contributed by atoms with Gasteiger partial charge in [0.2, 0.25) is 5.91 Å². The zero-order valence-corrected chi connectivity index (χ0v) is 13.6. The molecular formula is C16H24N3O4+. The standard InChI is InChI=1S/C16H23N3O4/c1-12-4-3-8-18(11-12)9-7-16(20)17-14-10-13(19(21)22)5-6-15(14)23-2/h5-6,10,12H,3-4,7-9,11H2,1-2H3,(H,17,20)/p+1/t12-/m1/s1. The van der Waals surface area contributed by atoms with Gasteiger partial charge in [-0.3, -0.25) is 14.9 Å². The number of amides is 1. The second-order valence-electron chi connectivity index (χ2n) is 6.14. The molecule has 1 aliphatic heterocycles. The van der Waals surface area contributed by atoms with E-state index in [1.807, 2.05) is 0 Å². The molecule has 1 unspecified atom stereocenters. The number of nitrogens with one attached hydrogen (secondary N) is 2. The van der Waals surface area contributed by atoms with Crippen molar-refractivity contribution in [3.05, 3.63) is 28.3 Å². The summed E-state index contributed by atoms with van der Waals surface area (Å²) in [5.41, 5.74) is 0.269. The number of nitro groups is 1. The summed E-state index contributed by atoms with van der Waals surface area (Å²) >= 11 is 0. The van der Waals surface area contributed by atoms with E-state index in [0.29, 0.717) is 23.8 Å². The third-order valence-corrected chi connectivity index (χ3v) is 4.24. The minimum atomic E-state index is -0.492. The van der Waals surface area contributed by atoms with Crippen LogP contribution in [-0.4, -0.2) is 37.6 Å². The number of hydrogen-bond donors (Lipinski definition) is 2. The minimum absolute atomic E-state index is 0.0726. The zero-order chi connectivity index (χ0) is 16.8. The maximum Gasteiger partial charge on any atom is 0.271 e. The number of piperidine rings is 1. The number of likely N-dealkylation sites (tertiary alicyclic amines) is 1. The van der Waals surface area contributed by atoms with E-state index in [0.717, 1.165) is 19.6 Å². The molecule has 1 fully saturated rings. The van der Waals surface area contributed by atoms with Crippen molar-refractivity contribution in [2.75, 3.05) is 32.1 Å². The Hall–Kier alpha value is -2.15. The lowest BCUT2D eigenvalue weighted by molar-refractivity contribution is -0.907. The van der Waals surface area contributed by atoms with Crippen molar-refractivity contribution in [1.29, 1.82) is 0 Å². The van der Waals surface area contributed by atoms with Gasteiger partial charge in [0.15, 0.2) is 0 Å². The van der Waals surface area contributed by atoms with Crippen LogP contribution in [0.4, 0.5) is 11.4 Å². The molecule has 0 saturated carbocycles. The fraction of sp³-hybridized carbons (Fsp3) is 0.562. The van der Waals surface area contributed by atoms with Crippen molar-refractivity contribution in [2.45, 2.75) is 26.2 Å². The second kappa shape index (κ2) is 7.92. The topological polar surface area (TPSA) is 85.9 Å². The van der Waals surface area contributed by atoms with Crippen LogP contribution < -0.4 is 15.0 Å². The maximum absolute atomic E-state index is 12.1. The fourth-order valence-electron chi connectivity index (χ4n) is 3.03. The Morgan fingerprint density at radius 2 is 2.30 bits per heavy atom. The van der Waals surface area contributed by atoms with Crippen molar-refractivity contribution < 1.29 is 19.4 Å². The summed E-state index contributed by atoms with van der Waals surface area (Å²) in [5, 5.41) is 13.6. The van der Waals surface area contributed by atoms with Gasteiger partial charge in [0, 0.05) is 18.1 Å². The average molecular weight is 322 g/mol. The Bertz CT molecular complexity index is 576. The summed E-state index contributed by atoms with van der Waals surface area (Å²) in [6.07, 6.45) is 2.87. The number of non-ortho nitro benzene ring substituents is 1. The van der Waals surface area contributed by atoms with E-state index in [1.54, 1.807) is 0 Å². The molecule has 7 heteroatoms. The lowest BCUT2D eigenvalue weighted by Crippen LogP contribution is -3.13. The van der Waals surface area contributed by atoms with Gasteiger partial charge in [-0.1, -0.05) is 6.92 Å². The summed E-state index contributed by atoms with van der Waals surface area (Å²) in [4.78, 5) is 23.9. The highest BCUT2D eigenvalue weighted by atomic mass is 16.6. The van der Waals surface area contributed by atoms with Crippen LogP contribution in [-0.2, 0) is 4.79 Å². The van der Waals surface area contributed by atoms with Gasteiger partial charge >= 0.3 is 0 Å². The van der Waals surface area contributed by atoms with Gasteiger partial charge in [-0.15, -0.1) is 0 Å². The molecule has 1 amide bonds. The lowest BCUT2D eigenvalue weighted by Gasteiger charge is -2.27. The summed E-state index contributed by atoms with van der Waals surface area (Å²) in [6, 6.07) is 4.17. The summed E-state index contributed by atoms with van der Waals surface area (Å²) in [7, 11) is 1.47. The predicted octanol–water partition coefficient (Wildman–Crippen LogP) is 1.25. The molecular weight excluding hydrogens is 298 g/mol. The molecule has 1 aromatic carbocycles. The average Bonchev–Trinajstić information content (AvgIpc) is 2.53. The van der Waals surface area contributed by atoms with Gasteiger partial charge in [-0.05, 0) is 18.9 Å². The van der Waals surface area contributed by atoms with Crippen molar-refractivity contribution >= 4 is 17.3 Å². The molecule has 0 aromatic heterocycles. The quantitative estimate of drug-likeness (QED) is 0.609. The molecule has 0 aliphatic carbocycles. The monoisotopic (exact) mass is 322 g/mol. The second-order valence-corrected chi connectivity index (χ2v) is 6.14. The summed E-state index contributed by atoms with van der Waals surface area (Å²) in [5.74, 6) is 0.982. The number of nitro benzene ring substituents is 1. The Balaban J connectivity index is 1.93. The number of rotatable bonds is 6. The molecule has 0 radical (unpaired) electrons. The van der Waals surface area contributed by atoms with Gasteiger partial charge in [0.25, 0.3) is 5.69 Å². The van der Waals surface area contributed by atoms with Crippen LogP contribution >= 0.6 is 0 Å². The number of methoxy groups -OCH3 is 1. The Morgan fingerprint density at radius 3 is 2.96 bits per heavy atom. The normalized spacial score (nSPS) is 20.8. The zero-order valence-electron chi connectivity index (χ0n) is 13.6. The van der Waals surface area contributed by atoms with E-state index in [1.165, 1.54) is 43.1 Å². The van der Waals surface area contributed by atoms with E-state index in [2.05, 4.69) is 12.2 Å². The van der Waals surface area contributed by atoms with E-state index >= 15 is 0 Å². The molecule has 2 rings (SSSR count). The number of anilines is 1. The van der Waals surface area contributed by atoms with Crippen LogP contribution in [0.2, 0.25) is 0 Å². The minimum Gasteiger partial charge on any atom is -0.495 e. The lowest BCUT2D eigenvalue weighted by atomic mass is 10.0. The first kappa shape index (κ1) is 17.2. The first-order valence-electron chi connectivity index (χ1n) is 7.95. The number of carbonyl (C=O) groups excluding carboxylic acids is 1. The van der Waals surface area contributed by atoms with Gasteiger partial charge in [-0.2, -0.15) is 0 Å². The van der Waals surface area contributed by atoms with Crippen LogP contribution in [0.5, 0.6) is 5.75 Å². The Labute approximate surface area is 135 Å². The Morgan fingerprint density at radius 1 is 1.52 bits per heavy atom. The molecule has 23 heavy (non-hydrogen) atoms. The molecule has 1 heterocycles. The molecule has 0 spiro atoms. The number of benzene rings is 1.